The quantitative estimate of drug-likeness (QED) is 0.663. The molecule has 96 valence electrons. The largest absolute Gasteiger partial charge is 0.507 e. The highest BCUT2D eigenvalue weighted by atomic mass is 79.9. The molecule has 0 bridgehead atoms. The van der Waals surface area contributed by atoms with E-state index in [-0.39, 0.29) is 17.6 Å². The second kappa shape index (κ2) is 5.52. The number of carbonyl (C=O) groups is 1. The van der Waals surface area contributed by atoms with Crippen molar-refractivity contribution < 1.29 is 9.90 Å². The van der Waals surface area contributed by atoms with Gasteiger partial charge in [0.15, 0.2) is 0 Å². The van der Waals surface area contributed by atoms with E-state index in [9.17, 15) is 9.90 Å². The molecule has 18 heavy (non-hydrogen) atoms. The first-order valence-corrected chi connectivity index (χ1v) is 6.76. The van der Waals surface area contributed by atoms with E-state index in [1.165, 1.54) is 0 Å². The number of phenolic OH excluding ortho intramolecular Hbond substituents is 1. The van der Waals surface area contributed by atoms with Crippen LogP contribution >= 0.6 is 15.9 Å². The molecule has 1 aliphatic carbocycles. The number of aromatic hydroxyl groups is 1. The second-order valence-electron chi connectivity index (χ2n) is 4.32. The molecule has 0 aliphatic heterocycles. The summed E-state index contributed by atoms with van der Waals surface area (Å²) in [5, 5.41) is 13.9. The van der Waals surface area contributed by atoms with Crippen LogP contribution in [0.15, 0.2) is 27.8 Å². The molecule has 1 aromatic rings. The molecule has 0 unspecified atom stereocenters. The third kappa shape index (κ3) is 3.10. The summed E-state index contributed by atoms with van der Waals surface area (Å²) in [6.07, 6.45) is 2.53. The van der Waals surface area contributed by atoms with Gasteiger partial charge < -0.3 is 5.11 Å². The van der Waals surface area contributed by atoms with E-state index in [0.717, 1.165) is 17.3 Å². The van der Waals surface area contributed by atoms with Gasteiger partial charge in [0.2, 0.25) is 5.91 Å². The second-order valence-corrected chi connectivity index (χ2v) is 5.24. The minimum atomic E-state index is -0.0320. The minimum Gasteiger partial charge on any atom is -0.507 e. The Morgan fingerprint density at radius 2 is 2.28 bits per heavy atom. The number of hydrogen-bond donors (Lipinski definition) is 2. The van der Waals surface area contributed by atoms with Gasteiger partial charge in [0.05, 0.1) is 5.71 Å². The van der Waals surface area contributed by atoms with Crippen LogP contribution in [0.3, 0.4) is 0 Å². The molecule has 1 fully saturated rings. The number of carbonyl (C=O) groups excluding carboxylic acids is 1. The van der Waals surface area contributed by atoms with Crippen LogP contribution in [-0.4, -0.2) is 16.7 Å². The molecule has 5 heteroatoms. The van der Waals surface area contributed by atoms with E-state index >= 15 is 0 Å². The predicted molar refractivity (Wildman–Crippen MR) is 73.5 cm³/mol. The summed E-state index contributed by atoms with van der Waals surface area (Å²) in [6.45, 7) is 1.93. The molecule has 0 aromatic heterocycles. The number of benzene rings is 1. The lowest BCUT2D eigenvalue weighted by Gasteiger charge is -2.07. The molecule has 1 aliphatic rings. The minimum absolute atomic E-state index is 0.0320. The fraction of sp³-hybridized carbons (Fsp3) is 0.385. The third-order valence-electron chi connectivity index (χ3n) is 2.85. The summed E-state index contributed by atoms with van der Waals surface area (Å²) in [6, 6.07) is 5.16. The molecule has 0 spiro atoms. The Hall–Kier alpha value is -1.36. The van der Waals surface area contributed by atoms with Gasteiger partial charge in [0.25, 0.3) is 0 Å². The number of hydrogen-bond acceptors (Lipinski definition) is 3. The number of nitrogens with zero attached hydrogens (tertiary/aromatic N) is 1. The van der Waals surface area contributed by atoms with Crippen LogP contribution in [0, 0.1) is 5.92 Å². The fourth-order valence-corrected chi connectivity index (χ4v) is 1.99. The summed E-state index contributed by atoms with van der Waals surface area (Å²) in [5.74, 6) is 0.262. The predicted octanol–water partition coefficient (Wildman–Crippen LogP) is 2.80. The van der Waals surface area contributed by atoms with Gasteiger partial charge in [0.1, 0.15) is 5.75 Å². The van der Waals surface area contributed by atoms with Gasteiger partial charge in [-0.25, -0.2) is 5.43 Å². The monoisotopic (exact) mass is 310 g/mol. The van der Waals surface area contributed by atoms with Crippen LogP contribution < -0.4 is 5.43 Å². The van der Waals surface area contributed by atoms with Crippen LogP contribution in [0.4, 0.5) is 0 Å². The third-order valence-corrected chi connectivity index (χ3v) is 3.35. The van der Waals surface area contributed by atoms with Gasteiger partial charge in [-0.1, -0.05) is 22.9 Å². The van der Waals surface area contributed by atoms with Crippen molar-refractivity contribution in [1.82, 2.24) is 5.43 Å². The Morgan fingerprint density at radius 1 is 1.56 bits per heavy atom. The van der Waals surface area contributed by atoms with Crippen LogP contribution in [0.2, 0.25) is 0 Å². The van der Waals surface area contributed by atoms with E-state index in [1.54, 1.807) is 18.2 Å². The SMILES string of the molecule is CCC(=NNC(=O)C1CC1)c1cc(Br)ccc1O. The standard InChI is InChI=1S/C13H15BrN2O2/c1-2-11(15-16-13(18)8-3-4-8)10-7-9(14)5-6-12(10)17/h5-8,17H,2-4H2,1H3,(H,16,18). The average Bonchev–Trinajstić information content (AvgIpc) is 3.18. The molecule has 0 radical (unpaired) electrons. The van der Waals surface area contributed by atoms with Gasteiger partial charge in [-0.2, -0.15) is 5.10 Å². The van der Waals surface area contributed by atoms with Crippen LogP contribution in [0.25, 0.3) is 0 Å². The van der Waals surface area contributed by atoms with Gasteiger partial charge in [-0.3, -0.25) is 4.79 Å². The summed E-state index contributed by atoms with van der Waals surface area (Å²) < 4.78 is 0.866. The van der Waals surface area contributed by atoms with Crippen LogP contribution in [0.1, 0.15) is 31.7 Å². The summed E-state index contributed by atoms with van der Waals surface area (Å²) in [5.41, 5.74) is 3.87. The zero-order chi connectivity index (χ0) is 13.1. The summed E-state index contributed by atoms with van der Waals surface area (Å²) in [4.78, 5) is 11.5. The first-order valence-electron chi connectivity index (χ1n) is 5.97. The van der Waals surface area contributed by atoms with E-state index in [0.29, 0.717) is 17.7 Å². The van der Waals surface area contributed by atoms with Crippen molar-refractivity contribution in [3.8, 4) is 5.75 Å². The fourth-order valence-electron chi connectivity index (χ4n) is 1.63. The van der Waals surface area contributed by atoms with Crippen molar-refractivity contribution in [3.63, 3.8) is 0 Å². The molecule has 1 amide bonds. The van der Waals surface area contributed by atoms with Gasteiger partial charge in [-0.15, -0.1) is 0 Å². The Kier molecular flexibility index (Phi) is 4.01. The van der Waals surface area contributed by atoms with Crippen molar-refractivity contribution in [1.29, 1.82) is 0 Å². The van der Waals surface area contributed by atoms with Crippen molar-refractivity contribution in [2.45, 2.75) is 26.2 Å². The molecule has 2 rings (SSSR count). The molecule has 1 aromatic carbocycles. The highest BCUT2D eigenvalue weighted by Crippen LogP contribution is 2.29. The maximum absolute atomic E-state index is 11.5. The van der Waals surface area contributed by atoms with E-state index < -0.39 is 0 Å². The van der Waals surface area contributed by atoms with E-state index in [4.69, 9.17) is 0 Å². The summed E-state index contributed by atoms with van der Waals surface area (Å²) in [7, 11) is 0. The lowest BCUT2D eigenvalue weighted by atomic mass is 10.1. The molecular formula is C13H15BrN2O2. The lowest BCUT2D eigenvalue weighted by molar-refractivity contribution is -0.122. The Morgan fingerprint density at radius 3 is 2.89 bits per heavy atom. The molecule has 2 N–H and O–H groups in total. The molecule has 0 heterocycles. The lowest BCUT2D eigenvalue weighted by Crippen LogP contribution is -2.21. The van der Waals surface area contributed by atoms with Crippen molar-refractivity contribution in [2.75, 3.05) is 0 Å². The molecule has 0 atom stereocenters. The Balaban J connectivity index is 2.18. The topological polar surface area (TPSA) is 61.7 Å². The normalized spacial score (nSPS) is 15.6. The number of nitrogens with one attached hydrogen (secondary N) is 1. The molecule has 0 saturated heterocycles. The maximum atomic E-state index is 11.5. The zero-order valence-corrected chi connectivity index (χ0v) is 11.7. The smallest absolute Gasteiger partial charge is 0.243 e. The molecule has 1 saturated carbocycles. The van der Waals surface area contributed by atoms with Crippen molar-refractivity contribution in [3.05, 3.63) is 28.2 Å². The highest BCUT2D eigenvalue weighted by Gasteiger charge is 2.29. The first kappa shape index (κ1) is 13.1. The molecular weight excluding hydrogens is 296 g/mol. The van der Waals surface area contributed by atoms with Crippen LogP contribution in [-0.2, 0) is 4.79 Å². The van der Waals surface area contributed by atoms with Gasteiger partial charge >= 0.3 is 0 Å². The molecule has 4 nitrogen and oxygen atoms in total. The number of phenols is 1. The van der Waals surface area contributed by atoms with E-state index in [2.05, 4.69) is 26.5 Å². The Labute approximate surface area is 114 Å². The van der Waals surface area contributed by atoms with Crippen molar-refractivity contribution >= 4 is 27.5 Å². The number of halogens is 1. The number of amides is 1. The van der Waals surface area contributed by atoms with E-state index in [1.807, 2.05) is 6.92 Å². The summed E-state index contributed by atoms with van der Waals surface area (Å²) >= 11 is 3.35. The van der Waals surface area contributed by atoms with Crippen LogP contribution in [0.5, 0.6) is 5.75 Å². The average molecular weight is 311 g/mol. The zero-order valence-electron chi connectivity index (χ0n) is 10.1. The number of rotatable bonds is 4. The highest BCUT2D eigenvalue weighted by molar-refractivity contribution is 9.10. The van der Waals surface area contributed by atoms with Gasteiger partial charge in [0, 0.05) is 16.0 Å². The van der Waals surface area contributed by atoms with Crippen molar-refractivity contribution in [2.24, 2.45) is 11.0 Å². The first-order chi connectivity index (χ1) is 8.61. The maximum Gasteiger partial charge on any atom is 0.243 e. The van der Waals surface area contributed by atoms with Gasteiger partial charge in [-0.05, 0) is 37.5 Å². The Bertz CT molecular complexity index is 496. The number of hydrazone groups is 1.